The third kappa shape index (κ3) is 6.82. The molecule has 0 aliphatic heterocycles. The number of carboxylic acid groups (broad SMARTS) is 1. The molecule has 0 bridgehead atoms. The number of ketones is 1. The molecule has 0 saturated heterocycles. The molecular formula is C5H5F3O3. The molecule has 11 heavy (non-hydrogen) atoms. The van der Waals surface area contributed by atoms with Gasteiger partial charge in [0.2, 0.25) is 0 Å². The van der Waals surface area contributed by atoms with Crippen LogP contribution in [-0.4, -0.2) is 23.0 Å². The minimum atomic E-state index is -4.60. The quantitative estimate of drug-likeness (QED) is 0.642. The van der Waals surface area contributed by atoms with Crippen molar-refractivity contribution in [3.63, 3.8) is 0 Å². The molecule has 0 aliphatic carbocycles. The van der Waals surface area contributed by atoms with E-state index >= 15 is 0 Å². The van der Waals surface area contributed by atoms with Crippen LogP contribution in [-0.2, 0) is 9.59 Å². The number of halogens is 3. The first-order valence-corrected chi connectivity index (χ1v) is 2.61. The van der Waals surface area contributed by atoms with Gasteiger partial charge in [-0.3, -0.25) is 9.59 Å². The van der Waals surface area contributed by atoms with E-state index in [0.29, 0.717) is 0 Å². The van der Waals surface area contributed by atoms with E-state index in [1.165, 1.54) is 0 Å². The fraction of sp³-hybridized carbons (Fsp3) is 0.600. The Morgan fingerprint density at radius 3 is 2.00 bits per heavy atom. The van der Waals surface area contributed by atoms with Gasteiger partial charge in [-0.05, 0) is 0 Å². The lowest BCUT2D eigenvalue weighted by Gasteiger charge is -2.02. The molecule has 0 fully saturated rings. The molecule has 0 aromatic rings. The van der Waals surface area contributed by atoms with Crippen molar-refractivity contribution in [2.24, 2.45) is 0 Å². The van der Waals surface area contributed by atoms with Crippen LogP contribution in [0.25, 0.3) is 0 Å². The van der Waals surface area contributed by atoms with Crippen LogP contribution in [0.1, 0.15) is 12.8 Å². The molecular weight excluding hydrogens is 165 g/mol. The Morgan fingerprint density at radius 2 is 1.73 bits per heavy atom. The van der Waals surface area contributed by atoms with Gasteiger partial charge in [-0.25, -0.2) is 0 Å². The van der Waals surface area contributed by atoms with E-state index in [0.717, 1.165) is 0 Å². The van der Waals surface area contributed by atoms with Gasteiger partial charge in [0.1, 0.15) is 12.8 Å². The maximum atomic E-state index is 11.3. The van der Waals surface area contributed by atoms with E-state index < -0.39 is 30.8 Å². The maximum absolute atomic E-state index is 11.3. The van der Waals surface area contributed by atoms with E-state index in [4.69, 9.17) is 5.11 Å². The van der Waals surface area contributed by atoms with E-state index in [2.05, 4.69) is 0 Å². The van der Waals surface area contributed by atoms with Crippen LogP contribution in [0.2, 0.25) is 0 Å². The van der Waals surface area contributed by atoms with Gasteiger partial charge in [-0.1, -0.05) is 0 Å². The predicted octanol–water partition coefficient (Wildman–Crippen LogP) is 0.983. The predicted molar refractivity (Wildman–Crippen MR) is 27.9 cm³/mol. The van der Waals surface area contributed by atoms with Crippen LogP contribution in [0.15, 0.2) is 0 Å². The van der Waals surface area contributed by atoms with Crippen LogP contribution in [0.3, 0.4) is 0 Å². The van der Waals surface area contributed by atoms with E-state index in [9.17, 15) is 22.8 Å². The largest absolute Gasteiger partial charge is 0.481 e. The molecule has 0 aromatic carbocycles. The first kappa shape index (κ1) is 9.93. The second kappa shape index (κ2) is 3.36. The molecule has 0 unspecified atom stereocenters. The average molecular weight is 170 g/mol. The number of Topliss-reactive ketones (excluding diaryl/α,β-unsaturated/α-hetero) is 1. The number of rotatable bonds is 3. The number of alkyl halides is 3. The Balaban J connectivity index is 3.80. The molecule has 0 radical (unpaired) electrons. The van der Waals surface area contributed by atoms with Crippen molar-refractivity contribution in [3.05, 3.63) is 0 Å². The summed E-state index contributed by atoms with van der Waals surface area (Å²) in [4.78, 5) is 19.9. The molecule has 3 nitrogen and oxygen atoms in total. The molecule has 0 spiro atoms. The van der Waals surface area contributed by atoms with Gasteiger partial charge in [0.05, 0.1) is 0 Å². The molecule has 0 saturated carbocycles. The number of carbonyl (C=O) groups excluding carboxylic acids is 1. The zero-order chi connectivity index (χ0) is 9.07. The third-order valence-corrected chi connectivity index (χ3v) is 0.746. The Labute approximate surface area is 59.8 Å². The number of carboxylic acids is 1. The lowest BCUT2D eigenvalue weighted by molar-refractivity contribution is -0.155. The maximum Gasteiger partial charge on any atom is 0.395 e. The van der Waals surface area contributed by atoms with Crippen LogP contribution < -0.4 is 0 Å². The molecule has 1 N–H and O–H groups in total. The van der Waals surface area contributed by atoms with Crippen molar-refractivity contribution in [3.8, 4) is 0 Å². The van der Waals surface area contributed by atoms with Gasteiger partial charge in [0, 0.05) is 0 Å². The fourth-order valence-corrected chi connectivity index (χ4v) is 0.455. The van der Waals surface area contributed by atoms with Crippen molar-refractivity contribution in [1.29, 1.82) is 0 Å². The summed E-state index contributed by atoms with van der Waals surface area (Å²) in [6, 6.07) is 0. The smallest absolute Gasteiger partial charge is 0.395 e. The van der Waals surface area contributed by atoms with Crippen molar-refractivity contribution in [1.82, 2.24) is 0 Å². The topological polar surface area (TPSA) is 54.4 Å². The lowest BCUT2D eigenvalue weighted by Crippen LogP contribution is -2.17. The number of hydrogen-bond acceptors (Lipinski definition) is 2. The third-order valence-electron chi connectivity index (χ3n) is 0.746. The summed E-state index contributed by atoms with van der Waals surface area (Å²) in [6.45, 7) is 0. The van der Waals surface area contributed by atoms with E-state index in [1.54, 1.807) is 0 Å². The van der Waals surface area contributed by atoms with Crippen molar-refractivity contribution in [2.45, 2.75) is 19.0 Å². The van der Waals surface area contributed by atoms with Crippen molar-refractivity contribution in [2.75, 3.05) is 0 Å². The summed E-state index contributed by atoms with van der Waals surface area (Å²) in [5.74, 6) is -2.87. The molecule has 0 aromatic heterocycles. The zero-order valence-corrected chi connectivity index (χ0v) is 5.31. The highest BCUT2D eigenvalue weighted by atomic mass is 19.4. The van der Waals surface area contributed by atoms with Crippen LogP contribution in [0.4, 0.5) is 13.2 Å². The minimum Gasteiger partial charge on any atom is -0.481 e. The highest BCUT2D eigenvalue weighted by Crippen LogP contribution is 2.20. The number of aliphatic carboxylic acids is 1. The summed E-state index contributed by atoms with van der Waals surface area (Å²) in [6.07, 6.45) is -7.34. The van der Waals surface area contributed by atoms with Gasteiger partial charge in [-0.15, -0.1) is 0 Å². The molecule has 6 heteroatoms. The Bertz CT molecular complexity index is 172. The number of carbonyl (C=O) groups is 2. The Kier molecular flexibility index (Phi) is 3.03. The molecule has 0 amide bonds. The number of hydrogen-bond donors (Lipinski definition) is 1. The lowest BCUT2D eigenvalue weighted by atomic mass is 10.2. The SMILES string of the molecule is O=C(O)CC(=O)CC(F)(F)F. The summed E-state index contributed by atoms with van der Waals surface area (Å²) in [5.41, 5.74) is 0. The highest BCUT2D eigenvalue weighted by Gasteiger charge is 2.31. The van der Waals surface area contributed by atoms with Gasteiger partial charge in [-0.2, -0.15) is 13.2 Å². The van der Waals surface area contributed by atoms with Gasteiger partial charge in [0.15, 0.2) is 5.78 Å². The first-order chi connectivity index (χ1) is 4.81. The molecule has 0 rings (SSSR count). The Morgan fingerprint density at radius 1 is 1.27 bits per heavy atom. The van der Waals surface area contributed by atoms with Crippen molar-refractivity contribution >= 4 is 11.8 Å². The van der Waals surface area contributed by atoms with E-state index in [-0.39, 0.29) is 0 Å². The summed E-state index contributed by atoms with van der Waals surface area (Å²) in [7, 11) is 0. The summed E-state index contributed by atoms with van der Waals surface area (Å²) >= 11 is 0. The molecule has 0 atom stereocenters. The average Bonchev–Trinajstić information content (AvgIpc) is 1.53. The minimum absolute atomic E-state index is 1.07. The standard InChI is InChI=1S/C5H5F3O3/c6-5(7,8)2-3(9)1-4(10)11/h1-2H2,(H,10,11). The van der Waals surface area contributed by atoms with Crippen LogP contribution in [0, 0.1) is 0 Å². The first-order valence-electron chi connectivity index (χ1n) is 2.61. The summed E-state index contributed by atoms with van der Waals surface area (Å²) < 4.78 is 34.0. The monoisotopic (exact) mass is 170 g/mol. The molecule has 0 aliphatic rings. The molecule has 0 heterocycles. The van der Waals surface area contributed by atoms with E-state index in [1.807, 2.05) is 0 Å². The second-order valence-electron chi connectivity index (χ2n) is 1.90. The van der Waals surface area contributed by atoms with Crippen LogP contribution >= 0.6 is 0 Å². The van der Waals surface area contributed by atoms with Crippen LogP contribution in [0.5, 0.6) is 0 Å². The van der Waals surface area contributed by atoms with Crippen molar-refractivity contribution < 1.29 is 27.9 Å². The summed E-state index contributed by atoms with van der Waals surface area (Å²) in [5, 5.41) is 7.89. The van der Waals surface area contributed by atoms with Gasteiger partial charge in [0.25, 0.3) is 0 Å². The normalized spacial score (nSPS) is 11.2. The van der Waals surface area contributed by atoms with Gasteiger partial charge < -0.3 is 5.11 Å². The zero-order valence-electron chi connectivity index (χ0n) is 5.31. The molecule has 64 valence electrons. The Hall–Kier alpha value is -1.07. The highest BCUT2D eigenvalue weighted by molar-refractivity contribution is 5.94. The second-order valence-corrected chi connectivity index (χ2v) is 1.90. The fourth-order valence-electron chi connectivity index (χ4n) is 0.455. The van der Waals surface area contributed by atoms with Gasteiger partial charge >= 0.3 is 12.1 Å².